The molecular weight excluding hydrogens is 400 g/mol. The van der Waals surface area contributed by atoms with Gasteiger partial charge < -0.3 is 19.4 Å². The van der Waals surface area contributed by atoms with E-state index in [0.717, 1.165) is 23.0 Å². The molecule has 0 aliphatic heterocycles. The Morgan fingerprint density at radius 1 is 1.10 bits per heavy atom. The highest BCUT2D eigenvalue weighted by Crippen LogP contribution is 2.25. The van der Waals surface area contributed by atoms with Gasteiger partial charge in [-0.25, -0.2) is 0 Å². The Bertz CT molecular complexity index is 971. The zero-order valence-electron chi connectivity index (χ0n) is 17.6. The van der Waals surface area contributed by atoms with Crippen molar-refractivity contribution in [3.8, 4) is 11.5 Å². The van der Waals surface area contributed by atoms with Crippen LogP contribution in [0.1, 0.15) is 31.3 Å². The van der Waals surface area contributed by atoms with Crippen molar-refractivity contribution in [2.24, 2.45) is 0 Å². The van der Waals surface area contributed by atoms with Gasteiger partial charge in [-0.05, 0) is 57.2 Å². The number of carbonyl (C=O) groups is 1. The molecule has 7 nitrogen and oxygen atoms in total. The molecule has 1 atom stereocenters. The fourth-order valence-electron chi connectivity index (χ4n) is 2.88. The summed E-state index contributed by atoms with van der Waals surface area (Å²) in [6.07, 6.45) is -0.261. The van der Waals surface area contributed by atoms with E-state index in [1.54, 1.807) is 31.4 Å². The first kappa shape index (κ1) is 21.7. The minimum absolute atomic E-state index is 0.110. The lowest BCUT2D eigenvalue weighted by atomic mass is 10.2. The van der Waals surface area contributed by atoms with Crippen molar-refractivity contribution in [1.82, 2.24) is 14.8 Å². The Kier molecular flexibility index (Phi) is 7.35. The number of anilines is 1. The normalized spacial score (nSPS) is 11.7. The third-order valence-electron chi connectivity index (χ3n) is 4.47. The quantitative estimate of drug-likeness (QED) is 0.508. The summed E-state index contributed by atoms with van der Waals surface area (Å²) in [6, 6.07) is 15.1. The molecule has 1 N–H and O–H groups in total. The summed E-state index contributed by atoms with van der Waals surface area (Å²) in [5, 5.41) is 12.1. The summed E-state index contributed by atoms with van der Waals surface area (Å²) in [4.78, 5) is 12.3. The lowest BCUT2D eigenvalue weighted by Gasteiger charge is -2.15. The molecule has 0 fully saturated rings. The zero-order chi connectivity index (χ0) is 21.5. The molecule has 1 heterocycles. The van der Waals surface area contributed by atoms with Crippen LogP contribution in [0.2, 0.25) is 0 Å². The molecule has 0 spiro atoms. The molecule has 3 aromatic rings. The number of hydrogen-bond acceptors (Lipinski definition) is 6. The van der Waals surface area contributed by atoms with Gasteiger partial charge >= 0.3 is 0 Å². The number of thioether (sulfide) groups is 1. The largest absolute Gasteiger partial charge is 0.497 e. The molecule has 158 valence electrons. The van der Waals surface area contributed by atoms with Crippen LogP contribution in [0.15, 0.2) is 53.7 Å². The third-order valence-corrected chi connectivity index (χ3v) is 5.43. The van der Waals surface area contributed by atoms with Crippen LogP contribution in [0.5, 0.6) is 11.5 Å². The molecule has 1 aromatic heterocycles. The number of aromatic nitrogens is 3. The molecule has 3 rings (SSSR count). The van der Waals surface area contributed by atoms with Gasteiger partial charge in [-0.2, -0.15) is 0 Å². The van der Waals surface area contributed by atoms with Gasteiger partial charge in [0.1, 0.15) is 11.5 Å². The highest BCUT2D eigenvalue weighted by Gasteiger charge is 2.19. The molecule has 0 saturated carbocycles. The van der Waals surface area contributed by atoms with E-state index < -0.39 is 0 Å². The maximum atomic E-state index is 12.3. The second-order valence-electron chi connectivity index (χ2n) is 6.72. The third kappa shape index (κ3) is 5.54. The highest BCUT2D eigenvalue weighted by atomic mass is 32.2. The number of nitrogens with one attached hydrogen (secondary N) is 1. The molecule has 0 aliphatic carbocycles. The predicted molar refractivity (Wildman–Crippen MR) is 118 cm³/mol. The van der Waals surface area contributed by atoms with Crippen molar-refractivity contribution >= 4 is 23.4 Å². The van der Waals surface area contributed by atoms with E-state index in [4.69, 9.17) is 9.47 Å². The van der Waals surface area contributed by atoms with Gasteiger partial charge in [0, 0.05) is 12.2 Å². The van der Waals surface area contributed by atoms with E-state index in [-0.39, 0.29) is 17.8 Å². The van der Waals surface area contributed by atoms with Crippen molar-refractivity contribution in [3.05, 3.63) is 59.9 Å². The van der Waals surface area contributed by atoms with Crippen molar-refractivity contribution in [2.45, 2.75) is 38.6 Å². The lowest BCUT2D eigenvalue weighted by Crippen LogP contribution is -2.15. The van der Waals surface area contributed by atoms with Crippen LogP contribution in [0.3, 0.4) is 0 Å². The molecular formula is C22H26N4O3S. The smallest absolute Gasteiger partial charge is 0.234 e. The molecule has 2 aromatic carbocycles. The number of hydrogen-bond donors (Lipinski definition) is 1. The van der Waals surface area contributed by atoms with Crippen LogP contribution in [0.4, 0.5) is 5.69 Å². The van der Waals surface area contributed by atoms with Gasteiger partial charge in [-0.3, -0.25) is 4.79 Å². The summed E-state index contributed by atoms with van der Waals surface area (Å²) in [5.41, 5.74) is 1.90. The fourth-order valence-corrected chi connectivity index (χ4v) is 3.69. The number of nitrogens with zero attached hydrogens (tertiary/aromatic N) is 3. The molecule has 1 amide bonds. The Hall–Kier alpha value is -3.00. The summed E-state index contributed by atoms with van der Waals surface area (Å²) >= 11 is 1.35. The van der Waals surface area contributed by atoms with Gasteiger partial charge in [0.15, 0.2) is 17.1 Å². The summed E-state index contributed by atoms with van der Waals surface area (Å²) in [5.74, 6) is 2.38. The number of amides is 1. The van der Waals surface area contributed by atoms with E-state index >= 15 is 0 Å². The van der Waals surface area contributed by atoms with Crippen molar-refractivity contribution < 1.29 is 14.3 Å². The van der Waals surface area contributed by atoms with Crippen molar-refractivity contribution in [3.63, 3.8) is 0 Å². The molecule has 1 unspecified atom stereocenters. The van der Waals surface area contributed by atoms with Crippen LogP contribution < -0.4 is 14.8 Å². The first-order valence-electron chi connectivity index (χ1n) is 9.73. The molecule has 30 heavy (non-hydrogen) atoms. The number of benzene rings is 2. The van der Waals surface area contributed by atoms with Gasteiger partial charge in [0.25, 0.3) is 0 Å². The Morgan fingerprint density at radius 2 is 1.77 bits per heavy atom. The van der Waals surface area contributed by atoms with Crippen molar-refractivity contribution in [2.75, 3.05) is 18.2 Å². The number of rotatable bonds is 9. The summed E-state index contributed by atoms with van der Waals surface area (Å²) < 4.78 is 13.1. The molecule has 0 aliphatic rings. The van der Waals surface area contributed by atoms with E-state index in [0.29, 0.717) is 11.7 Å². The van der Waals surface area contributed by atoms with Gasteiger partial charge in [-0.15, -0.1) is 10.2 Å². The van der Waals surface area contributed by atoms with E-state index in [1.165, 1.54) is 17.3 Å². The first-order chi connectivity index (χ1) is 14.5. The first-order valence-corrected chi connectivity index (χ1v) is 10.7. The monoisotopic (exact) mass is 426 g/mol. The fraction of sp³-hybridized carbons (Fsp3) is 0.318. The van der Waals surface area contributed by atoms with Crippen LogP contribution in [-0.2, 0) is 11.3 Å². The van der Waals surface area contributed by atoms with E-state index in [2.05, 4.69) is 15.5 Å². The molecule has 8 heteroatoms. The van der Waals surface area contributed by atoms with E-state index in [1.807, 2.05) is 49.6 Å². The minimum Gasteiger partial charge on any atom is -0.497 e. The topological polar surface area (TPSA) is 78.3 Å². The van der Waals surface area contributed by atoms with Crippen molar-refractivity contribution in [1.29, 1.82) is 0 Å². The number of aryl methyl sites for hydroxylation is 1. The molecule has 0 radical (unpaired) electrons. The van der Waals surface area contributed by atoms with Crippen LogP contribution in [-0.4, -0.2) is 33.5 Å². The number of ether oxygens (including phenoxy) is 2. The Balaban J connectivity index is 1.60. The number of methoxy groups -OCH3 is 1. The Labute approximate surface area is 180 Å². The SMILES string of the molecule is CCn1c(SCC(=O)Nc2ccc(OC)cc2)nnc1C(C)Oc1ccc(C)cc1. The summed E-state index contributed by atoms with van der Waals surface area (Å²) in [7, 11) is 1.61. The Morgan fingerprint density at radius 3 is 2.40 bits per heavy atom. The second kappa shape index (κ2) is 10.2. The average Bonchev–Trinajstić information content (AvgIpc) is 3.17. The molecule has 0 bridgehead atoms. The second-order valence-corrected chi connectivity index (χ2v) is 7.67. The highest BCUT2D eigenvalue weighted by molar-refractivity contribution is 7.99. The van der Waals surface area contributed by atoms with E-state index in [9.17, 15) is 4.79 Å². The van der Waals surface area contributed by atoms with Gasteiger partial charge in [0.05, 0.1) is 12.9 Å². The lowest BCUT2D eigenvalue weighted by molar-refractivity contribution is -0.113. The van der Waals surface area contributed by atoms with Crippen LogP contribution in [0.25, 0.3) is 0 Å². The standard InChI is InChI=1S/C22H26N4O3S/c1-5-26-21(16(3)29-19-10-6-15(2)7-11-19)24-25-22(26)30-14-20(27)23-17-8-12-18(28-4)13-9-17/h6-13,16H,5,14H2,1-4H3,(H,23,27). The van der Waals surface area contributed by atoms with Crippen LogP contribution >= 0.6 is 11.8 Å². The maximum absolute atomic E-state index is 12.3. The molecule has 0 saturated heterocycles. The zero-order valence-corrected chi connectivity index (χ0v) is 18.4. The predicted octanol–water partition coefficient (Wildman–Crippen LogP) is 4.49. The van der Waals surface area contributed by atoms with Gasteiger partial charge in [0.2, 0.25) is 5.91 Å². The van der Waals surface area contributed by atoms with Crippen LogP contribution in [0, 0.1) is 6.92 Å². The average molecular weight is 427 g/mol. The maximum Gasteiger partial charge on any atom is 0.234 e. The van der Waals surface area contributed by atoms with Gasteiger partial charge in [-0.1, -0.05) is 29.5 Å². The summed E-state index contributed by atoms with van der Waals surface area (Å²) in [6.45, 7) is 6.69. The number of carbonyl (C=O) groups excluding carboxylic acids is 1. The minimum atomic E-state index is -0.261.